The standard InChI is InChI=1S/C25H20N6O/c26-15-13-21-9-11-23(28-21)17-1-5-19(6-2-17)30-25(32)31-20-7-3-18(4-8-20)24-12-10-22(29-24)14-16-27/h1-12,28-29H,13-14H2,(H2,30,31,32). The Labute approximate surface area is 185 Å². The van der Waals surface area contributed by atoms with Gasteiger partial charge in [0.2, 0.25) is 0 Å². The lowest BCUT2D eigenvalue weighted by atomic mass is 10.1. The number of H-pyrrole nitrogens is 2. The molecule has 7 heteroatoms. The summed E-state index contributed by atoms with van der Waals surface area (Å²) in [5.74, 6) is 0. The number of urea groups is 1. The molecule has 0 atom stereocenters. The van der Waals surface area contributed by atoms with Crippen molar-refractivity contribution in [2.45, 2.75) is 12.8 Å². The zero-order valence-electron chi connectivity index (χ0n) is 17.1. The number of nitriles is 2. The fraction of sp³-hybridized carbons (Fsp3) is 0.0800. The number of benzene rings is 2. The highest BCUT2D eigenvalue weighted by atomic mass is 16.2. The molecule has 0 saturated heterocycles. The Hall–Kier alpha value is -4.75. The first-order valence-electron chi connectivity index (χ1n) is 10.0. The molecule has 0 radical (unpaired) electrons. The smallest absolute Gasteiger partial charge is 0.323 e. The number of carbonyl (C=O) groups is 1. The third-order valence-electron chi connectivity index (χ3n) is 4.94. The maximum atomic E-state index is 12.3. The number of hydrogen-bond donors (Lipinski definition) is 4. The highest BCUT2D eigenvalue weighted by Crippen LogP contribution is 2.23. The van der Waals surface area contributed by atoms with Gasteiger partial charge in [-0.15, -0.1) is 0 Å². The summed E-state index contributed by atoms with van der Waals surface area (Å²) in [5, 5.41) is 23.2. The fourth-order valence-corrected chi connectivity index (χ4v) is 3.35. The molecule has 0 fully saturated rings. The van der Waals surface area contributed by atoms with E-state index in [1.165, 1.54) is 0 Å². The van der Waals surface area contributed by atoms with Gasteiger partial charge in [-0.25, -0.2) is 4.79 Å². The van der Waals surface area contributed by atoms with E-state index in [2.05, 4.69) is 32.7 Å². The van der Waals surface area contributed by atoms with Crippen molar-refractivity contribution in [3.63, 3.8) is 0 Å². The lowest BCUT2D eigenvalue weighted by molar-refractivity contribution is 0.262. The highest BCUT2D eigenvalue weighted by Gasteiger charge is 2.06. The molecule has 156 valence electrons. The van der Waals surface area contributed by atoms with Crippen molar-refractivity contribution in [2.24, 2.45) is 0 Å². The van der Waals surface area contributed by atoms with E-state index < -0.39 is 0 Å². The molecule has 4 rings (SSSR count). The quantitative estimate of drug-likeness (QED) is 0.332. The van der Waals surface area contributed by atoms with Gasteiger partial charge in [-0.2, -0.15) is 10.5 Å². The second-order valence-corrected chi connectivity index (χ2v) is 7.20. The van der Waals surface area contributed by atoms with Gasteiger partial charge in [0.25, 0.3) is 0 Å². The van der Waals surface area contributed by atoms with Gasteiger partial charge < -0.3 is 20.6 Å². The van der Waals surface area contributed by atoms with Crippen molar-refractivity contribution in [3.8, 4) is 34.7 Å². The van der Waals surface area contributed by atoms with Crippen molar-refractivity contribution in [1.82, 2.24) is 9.97 Å². The number of aromatic amines is 2. The van der Waals surface area contributed by atoms with Crippen molar-refractivity contribution < 1.29 is 4.79 Å². The van der Waals surface area contributed by atoms with E-state index in [9.17, 15) is 4.79 Å². The molecule has 0 aliphatic rings. The summed E-state index contributed by atoms with van der Waals surface area (Å²) in [6.45, 7) is 0. The van der Waals surface area contributed by atoms with Crippen LogP contribution in [-0.4, -0.2) is 16.0 Å². The molecule has 0 saturated carbocycles. The van der Waals surface area contributed by atoms with E-state index in [0.29, 0.717) is 24.2 Å². The molecule has 2 heterocycles. The van der Waals surface area contributed by atoms with E-state index in [1.807, 2.05) is 72.8 Å². The van der Waals surface area contributed by atoms with E-state index in [0.717, 1.165) is 33.9 Å². The van der Waals surface area contributed by atoms with Gasteiger partial charge in [0, 0.05) is 34.2 Å². The monoisotopic (exact) mass is 420 g/mol. The van der Waals surface area contributed by atoms with Crippen LogP contribution in [0.1, 0.15) is 11.4 Å². The Morgan fingerprint density at radius 1 is 0.656 bits per heavy atom. The topological polar surface area (TPSA) is 120 Å². The largest absolute Gasteiger partial charge is 0.358 e. The van der Waals surface area contributed by atoms with Crippen molar-refractivity contribution >= 4 is 17.4 Å². The SMILES string of the molecule is N#CCc1ccc(-c2ccc(NC(=O)Nc3ccc(-c4ccc(CC#N)[nH]4)cc3)cc2)[nH]1. The molecule has 4 aromatic rings. The number of amides is 2. The third-order valence-corrected chi connectivity index (χ3v) is 4.94. The molecule has 2 amide bonds. The van der Waals surface area contributed by atoms with Crippen molar-refractivity contribution in [3.05, 3.63) is 84.2 Å². The van der Waals surface area contributed by atoms with Gasteiger partial charge in [0.1, 0.15) is 0 Å². The minimum Gasteiger partial charge on any atom is -0.358 e. The van der Waals surface area contributed by atoms with E-state index in [4.69, 9.17) is 10.5 Å². The van der Waals surface area contributed by atoms with Gasteiger partial charge in [-0.3, -0.25) is 0 Å². The Morgan fingerprint density at radius 2 is 1.06 bits per heavy atom. The van der Waals surface area contributed by atoms with E-state index in [-0.39, 0.29) is 6.03 Å². The lowest BCUT2D eigenvalue weighted by Gasteiger charge is -2.09. The third kappa shape index (κ3) is 4.86. The zero-order valence-corrected chi connectivity index (χ0v) is 17.1. The van der Waals surface area contributed by atoms with Crippen LogP contribution in [0, 0.1) is 22.7 Å². The summed E-state index contributed by atoms with van der Waals surface area (Å²) in [7, 11) is 0. The van der Waals surface area contributed by atoms with Gasteiger partial charge >= 0.3 is 6.03 Å². The maximum Gasteiger partial charge on any atom is 0.323 e. The van der Waals surface area contributed by atoms with Crippen LogP contribution in [0.15, 0.2) is 72.8 Å². The van der Waals surface area contributed by atoms with E-state index in [1.54, 1.807) is 0 Å². The van der Waals surface area contributed by atoms with Crippen LogP contribution in [0.4, 0.5) is 16.2 Å². The average molecular weight is 420 g/mol. The number of hydrogen-bond acceptors (Lipinski definition) is 3. The lowest BCUT2D eigenvalue weighted by Crippen LogP contribution is -2.19. The Bertz CT molecular complexity index is 1200. The number of aromatic nitrogens is 2. The number of rotatable bonds is 6. The molecule has 7 nitrogen and oxygen atoms in total. The molecule has 0 bridgehead atoms. The molecular weight excluding hydrogens is 400 g/mol. The first-order chi connectivity index (χ1) is 15.6. The molecule has 0 aliphatic heterocycles. The summed E-state index contributed by atoms with van der Waals surface area (Å²) in [6, 6.07) is 26.5. The van der Waals surface area contributed by atoms with Crippen LogP contribution in [-0.2, 0) is 12.8 Å². The maximum absolute atomic E-state index is 12.3. The Morgan fingerprint density at radius 3 is 1.44 bits per heavy atom. The highest BCUT2D eigenvalue weighted by molar-refractivity contribution is 6.00. The molecule has 0 spiro atoms. The van der Waals surface area contributed by atoms with Gasteiger partial charge in [0.15, 0.2) is 0 Å². The van der Waals surface area contributed by atoms with Crippen LogP contribution in [0.25, 0.3) is 22.5 Å². The van der Waals surface area contributed by atoms with Crippen LogP contribution >= 0.6 is 0 Å². The second kappa shape index (κ2) is 9.38. The summed E-state index contributed by atoms with van der Waals surface area (Å²) >= 11 is 0. The number of carbonyl (C=O) groups excluding carboxylic acids is 1. The van der Waals surface area contributed by atoms with Crippen LogP contribution in [0.2, 0.25) is 0 Å². The molecule has 32 heavy (non-hydrogen) atoms. The van der Waals surface area contributed by atoms with Gasteiger partial charge in [-0.1, -0.05) is 24.3 Å². The molecule has 2 aromatic carbocycles. The first kappa shape index (κ1) is 20.5. The summed E-state index contributed by atoms with van der Waals surface area (Å²) in [4.78, 5) is 18.8. The van der Waals surface area contributed by atoms with E-state index >= 15 is 0 Å². The minimum absolute atomic E-state index is 0.335. The predicted molar refractivity (Wildman–Crippen MR) is 124 cm³/mol. The van der Waals surface area contributed by atoms with Crippen LogP contribution in [0.3, 0.4) is 0 Å². The molecule has 2 aromatic heterocycles. The summed E-state index contributed by atoms with van der Waals surface area (Å²) in [6.07, 6.45) is 0.683. The van der Waals surface area contributed by atoms with Crippen molar-refractivity contribution in [2.75, 3.05) is 10.6 Å². The number of nitrogens with zero attached hydrogens (tertiary/aromatic N) is 2. The number of anilines is 2. The minimum atomic E-state index is -0.335. The molecule has 0 unspecified atom stereocenters. The zero-order chi connectivity index (χ0) is 22.3. The molecule has 4 N–H and O–H groups in total. The molecule has 0 aliphatic carbocycles. The van der Waals surface area contributed by atoms with Crippen molar-refractivity contribution in [1.29, 1.82) is 10.5 Å². The second-order valence-electron chi connectivity index (χ2n) is 7.20. The molecular formula is C25H20N6O. The first-order valence-corrected chi connectivity index (χ1v) is 10.0. The number of nitrogens with one attached hydrogen (secondary N) is 4. The Balaban J connectivity index is 1.35. The average Bonchev–Trinajstić information content (AvgIpc) is 3.45. The fourth-order valence-electron chi connectivity index (χ4n) is 3.35. The van der Waals surface area contributed by atoms with Crippen LogP contribution < -0.4 is 10.6 Å². The summed E-state index contributed by atoms with van der Waals surface area (Å²) < 4.78 is 0. The predicted octanol–water partition coefficient (Wildman–Crippen LogP) is 5.45. The van der Waals surface area contributed by atoms with Crippen LogP contribution in [0.5, 0.6) is 0 Å². The normalized spacial score (nSPS) is 10.2. The van der Waals surface area contributed by atoms with Gasteiger partial charge in [0.05, 0.1) is 25.0 Å². The van der Waals surface area contributed by atoms with Gasteiger partial charge in [-0.05, 0) is 59.7 Å². The Kier molecular flexibility index (Phi) is 6.01. The summed E-state index contributed by atoms with van der Waals surface area (Å²) in [5.41, 5.74) is 6.87.